The van der Waals surface area contributed by atoms with Gasteiger partial charge in [0.1, 0.15) is 13.2 Å². The SMILES string of the molecule is O=C(Nc1ccc2c(c1)OCCO2)c1ccc(Nc2ccc(Cl)cc2)nn1. The van der Waals surface area contributed by atoms with Crippen molar-refractivity contribution in [2.75, 3.05) is 23.8 Å². The first kappa shape index (κ1) is 17.1. The van der Waals surface area contributed by atoms with Gasteiger partial charge >= 0.3 is 0 Å². The zero-order chi connectivity index (χ0) is 18.6. The molecule has 0 radical (unpaired) electrons. The van der Waals surface area contributed by atoms with Crippen LogP contribution in [0.2, 0.25) is 5.02 Å². The van der Waals surface area contributed by atoms with Crippen LogP contribution in [0.4, 0.5) is 17.2 Å². The van der Waals surface area contributed by atoms with Crippen LogP contribution in [0.25, 0.3) is 0 Å². The van der Waals surface area contributed by atoms with Gasteiger partial charge in [0.05, 0.1) is 0 Å². The number of aromatic nitrogens is 2. The molecule has 2 aromatic carbocycles. The van der Waals surface area contributed by atoms with Gasteiger partial charge in [-0.1, -0.05) is 11.6 Å². The van der Waals surface area contributed by atoms with E-state index < -0.39 is 0 Å². The molecule has 1 amide bonds. The fourth-order valence-corrected chi connectivity index (χ4v) is 2.64. The van der Waals surface area contributed by atoms with E-state index in [1.54, 1.807) is 42.5 Å². The van der Waals surface area contributed by atoms with Gasteiger partial charge in [-0.05, 0) is 48.5 Å². The van der Waals surface area contributed by atoms with Crippen LogP contribution in [-0.2, 0) is 0 Å². The summed E-state index contributed by atoms with van der Waals surface area (Å²) in [6, 6.07) is 15.7. The lowest BCUT2D eigenvalue weighted by Gasteiger charge is -2.18. The normalized spacial score (nSPS) is 12.3. The molecular weight excluding hydrogens is 368 g/mol. The minimum Gasteiger partial charge on any atom is -0.486 e. The Kier molecular flexibility index (Phi) is 4.76. The minimum atomic E-state index is -0.364. The van der Waals surface area contributed by atoms with Gasteiger partial charge in [0.2, 0.25) is 0 Å². The lowest BCUT2D eigenvalue weighted by Crippen LogP contribution is -2.17. The molecule has 7 nitrogen and oxygen atoms in total. The zero-order valence-electron chi connectivity index (χ0n) is 14.1. The second-order valence-electron chi connectivity index (χ2n) is 5.75. The van der Waals surface area contributed by atoms with E-state index in [1.807, 2.05) is 12.1 Å². The fourth-order valence-electron chi connectivity index (χ4n) is 2.52. The van der Waals surface area contributed by atoms with Gasteiger partial charge in [-0.2, -0.15) is 0 Å². The van der Waals surface area contributed by atoms with E-state index in [0.29, 0.717) is 41.2 Å². The number of ether oxygens (including phenoxy) is 2. The van der Waals surface area contributed by atoms with E-state index in [4.69, 9.17) is 21.1 Å². The van der Waals surface area contributed by atoms with Crippen molar-refractivity contribution in [3.8, 4) is 11.5 Å². The number of hydrogen-bond acceptors (Lipinski definition) is 6. The highest BCUT2D eigenvalue weighted by Gasteiger charge is 2.14. The first-order chi connectivity index (χ1) is 13.2. The maximum absolute atomic E-state index is 12.4. The number of carbonyl (C=O) groups excluding carboxylic acids is 1. The molecule has 1 aromatic heterocycles. The Labute approximate surface area is 160 Å². The number of anilines is 3. The van der Waals surface area contributed by atoms with Gasteiger partial charge in [-0.15, -0.1) is 10.2 Å². The molecule has 1 aliphatic rings. The Balaban J connectivity index is 1.42. The van der Waals surface area contributed by atoms with Crippen molar-refractivity contribution < 1.29 is 14.3 Å². The molecule has 136 valence electrons. The number of benzene rings is 2. The van der Waals surface area contributed by atoms with Gasteiger partial charge in [0.15, 0.2) is 23.0 Å². The lowest BCUT2D eigenvalue weighted by molar-refractivity contribution is 0.102. The van der Waals surface area contributed by atoms with E-state index in [1.165, 1.54) is 0 Å². The molecular formula is C19H15ClN4O3. The van der Waals surface area contributed by atoms with Crippen molar-refractivity contribution in [3.05, 3.63) is 65.3 Å². The van der Waals surface area contributed by atoms with Gasteiger partial charge in [0.25, 0.3) is 5.91 Å². The maximum Gasteiger partial charge on any atom is 0.276 e. The summed E-state index contributed by atoms with van der Waals surface area (Å²) in [5, 5.41) is 14.5. The monoisotopic (exact) mass is 382 g/mol. The van der Waals surface area contributed by atoms with Crippen molar-refractivity contribution in [1.82, 2.24) is 10.2 Å². The highest BCUT2D eigenvalue weighted by atomic mass is 35.5. The molecule has 3 aromatic rings. The summed E-state index contributed by atoms with van der Waals surface area (Å²) in [7, 11) is 0. The molecule has 27 heavy (non-hydrogen) atoms. The first-order valence-corrected chi connectivity index (χ1v) is 8.62. The molecule has 1 aliphatic heterocycles. The van der Waals surface area contributed by atoms with E-state index in [-0.39, 0.29) is 11.6 Å². The predicted molar refractivity (Wildman–Crippen MR) is 102 cm³/mol. The molecule has 2 N–H and O–H groups in total. The van der Waals surface area contributed by atoms with Crippen molar-refractivity contribution >= 4 is 34.7 Å². The van der Waals surface area contributed by atoms with Crippen LogP contribution in [0, 0.1) is 0 Å². The van der Waals surface area contributed by atoms with Crippen LogP contribution in [0.5, 0.6) is 11.5 Å². The van der Waals surface area contributed by atoms with Crippen molar-refractivity contribution in [2.24, 2.45) is 0 Å². The summed E-state index contributed by atoms with van der Waals surface area (Å²) in [5.74, 6) is 1.43. The summed E-state index contributed by atoms with van der Waals surface area (Å²) >= 11 is 5.86. The van der Waals surface area contributed by atoms with Crippen LogP contribution in [0.15, 0.2) is 54.6 Å². The van der Waals surface area contributed by atoms with Gasteiger partial charge in [-0.25, -0.2) is 0 Å². The lowest BCUT2D eigenvalue weighted by atomic mass is 10.2. The summed E-state index contributed by atoms with van der Waals surface area (Å²) in [6.07, 6.45) is 0. The van der Waals surface area contributed by atoms with E-state index in [2.05, 4.69) is 20.8 Å². The second-order valence-corrected chi connectivity index (χ2v) is 6.18. The molecule has 0 bridgehead atoms. The predicted octanol–water partition coefficient (Wildman–Crippen LogP) is 3.90. The summed E-state index contributed by atoms with van der Waals surface area (Å²) < 4.78 is 11.0. The van der Waals surface area contributed by atoms with Gasteiger partial charge in [-0.3, -0.25) is 4.79 Å². The average molecular weight is 383 g/mol. The van der Waals surface area contributed by atoms with E-state index in [0.717, 1.165) is 5.69 Å². The van der Waals surface area contributed by atoms with E-state index >= 15 is 0 Å². The summed E-state index contributed by atoms with van der Waals surface area (Å²) in [6.45, 7) is 1.00. The molecule has 0 atom stereocenters. The van der Waals surface area contributed by atoms with E-state index in [9.17, 15) is 4.79 Å². The fraction of sp³-hybridized carbons (Fsp3) is 0.105. The number of halogens is 1. The Morgan fingerprint density at radius 1 is 0.889 bits per heavy atom. The third-order valence-corrected chi connectivity index (χ3v) is 4.07. The number of fused-ring (bicyclic) bond motifs is 1. The molecule has 0 aliphatic carbocycles. The van der Waals surface area contributed by atoms with Crippen LogP contribution < -0.4 is 20.1 Å². The topological polar surface area (TPSA) is 85.4 Å². The van der Waals surface area contributed by atoms with Crippen molar-refractivity contribution in [2.45, 2.75) is 0 Å². The third-order valence-electron chi connectivity index (χ3n) is 3.81. The van der Waals surface area contributed by atoms with Crippen LogP contribution in [0.1, 0.15) is 10.5 Å². The minimum absolute atomic E-state index is 0.201. The Bertz CT molecular complexity index is 962. The second kappa shape index (κ2) is 7.51. The Morgan fingerprint density at radius 2 is 1.63 bits per heavy atom. The number of hydrogen-bond donors (Lipinski definition) is 2. The Hall–Kier alpha value is -3.32. The first-order valence-electron chi connectivity index (χ1n) is 8.25. The highest BCUT2D eigenvalue weighted by molar-refractivity contribution is 6.30. The molecule has 8 heteroatoms. The smallest absolute Gasteiger partial charge is 0.276 e. The standard InChI is InChI=1S/C19H15ClN4O3/c20-12-1-3-13(4-2-12)21-18-8-6-15(23-24-18)19(25)22-14-5-7-16-17(11-14)27-10-9-26-16/h1-8,11H,9-10H2,(H,21,24)(H,22,25). The van der Waals surface area contributed by atoms with Gasteiger partial charge in [0, 0.05) is 22.5 Å². The number of nitrogens with zero attached hydrogens (tertiary/aromatic N) is 2. The van der Waals surface area contributed by atoms with Crippen molar-refractivity contribution in [3.63, 3.8) is 0 Å². The highest BCUT2D eigenvalue weighted by Crippen LogP contribution is 2.32. The third kappa shape index (κ3) is 4.09. The molecule has 4 rings (SSSR count). The number of rotatable bonds is 4. The molecule has 0 unspecified atom stereocenters. The van der Waals surface area contributed by atoms with Crippen LogP contribution in [-0.4, -0.2) is 29.3 Å². The Morgan fingerprint density at radius 3 is 2.37 bits per heavy atom. The zero-order valence-corrected chi connectivity index (χ0v) is 14.9. The summed E-state index contributed by atoms with van der Waals surface area (Å²) in [5.41, 5.74) is 1.61. The molecule has 0 spiro atoms. The van der Waals surface area contributed by atoms with Crippen LogP contribution in [0.3, 0.4) is 0 Å². The van der Waals surface area contributed by atoms with Crippen LogP contribution >= 0.6 is 11.6 Å². The summed E-state index contributed by atoms with van der Waals surface area (Å²) in [4.78, 5) is 12.4. The molecule has 0 fully saturated rings. The molecule has 0 saturated heterocycles. The molecule has 2 heterocycles. The maximum atomic E-state index is 12.4. The number of carbonyl (C=O) groups is 1. The quantitative estimate of drug-likeness (QED) is 0.711. The average Bonchev–Trinajstić information content (AvgIpc) is 2.70. The van der Waals surface area contributed by atoms with Gasteiger partial charge < -0.3 is 20.1 Å². The largest absolute Gasteiger partial charge is 0.486 e. The number of nitrogens with one attached hydrogen (secondary N) is 2. The number of amides is 1. The van der Waals surface area contributed by atoms with Crippen molar-refractivity contribution in [1.29, 1.82) is 0 Å². The molecule has 0 saturated carbocycles.